The van der Waals surface area contributed by atoms with Gasteiger partial charge in [-0.3, -0.25) is 9.59 Å². The molecule has 8 bridgehead atoms. The molecular formula is C60H42N4O2. The Morgan fingerprint density at radius 1 is 0.348 bits per heavy atom. The molecule has 0 fully saturated rings. The van der Waals surface area contributed by atoms with Gasteiger partial charge in [0.05, 0.1) is 32.8 Å². The Hall–Kier alpha value is -8.22. The summed E-state index contributed by atoms with van der Waals surface area (Å²) in [4.78, 5) is 49.5. The quantitative estimate of drug-likeness (QED) is 0.181. The van der Waals surface area contributed by atoms with Gasteiger partial charge >= 0.3 is 0 Å². The van der Waals surface area contributed by atoms with Crippen LogP contribution in [0.4, 0.5) is 0 Å². The highest BCUT2D eigenvalue weighted by molar-refractivity contribution is 6.28. The van der Waals surface area contributed by atoms with Crippen LogP contribution in [-0.2, 0) is 0 Å². The molecule has 5 heterocycles. The summed E-state index contributed by atoms with van der Waals surface area (Å²) < 4.78 is 0. The van der Waals surface area contributed by atoms with E-state index in [1.165, 1.54) is 11.1 Å². The Morgan fingerprint density at radius 3 is 1.08 bits per heavy atom. The molecule has 13 aromatic rings. The van der Waals surface area contributed by atoms with E-state index in [0.29, 0.717) is 43.6 Å². The molecule has 5 aromatic heterocycles. The first kappa shape index (κ1) is 38.3. The van der Waals surface area contributed by atoms with Crippen LogP contribution in [0.2, 0.25) is 0 Å². The molecule has 0 saturated carbocycles. The normalized spacial score (nSPS) is 12.2. The van der Waals surface area contributed by atoms with E-state index in [2.05, 4.69) is 149 Å². The van der Waals surface area contributed by atoms with Crippen molar-refractivity contribution >= 4 is 109 Å². The van der Waals surface area contributed by atoms with Crippen LogP contribution in [0.1, 0.15) is 33.4 Å². The second-order valence-corrected chi connectivity index (χ2v) is 18.5. The highest BCUT2D eigenvalue weighted by atomic mass is 16.1. The Kier molecular flexibility index (Phi) is 7.91. The third-order valence-electron chi connectivity index (χ3n) is 14.2. The third-order valence-corrected chi connectivity index (χ3v) is 14.2. The molecule has 0 radical (unpaired) electrons. The lowest BCUT2D eigenvalue weighted by Crippen LogP contribution is -1.97. The number of aromatic amines is 2. The molecule has 0 amide bonds. The molecule has 13 rings (SSSR count). The highest BCUT2D eigenvalue weighted by Crippen LogP contribution is 2.42. The van der Waals surface area contributed by atoms with Crippen molar-refractivity contribution in [2.24, 2.45) is 0 Å². The van der Waals surface area contributed by atoms with Crippen molar-refractivity contribution in [3.8, 4) is 22.3 Å². The summed E-state index contributed by atoms with van der Waals surface area (Å²) in [6.45, 7) is 12.8. The summed E-state index contributed by atoms with van der Waals surface area (Å²) in [6.07, 6.45) is 0. The fourth-order valence-electron chi connectivity index (χ4n) is 11.7. The predicted molar refractivity (Wildman–Crippen MR) is 278 cm³/mol. The molecular weight excluding hydrogens is 809 g/mol. The van der Waals surface area contributed by atoms with Crippen molar-refractivity contribution in [1.82, 2.24) is 19.9 Å². The molecule has 66 heavy (non-hydrogen) atoms. The van der Waals surface area contributed by atoms with Crippen LogP contribution in [-0.4, -0.2) is 19.9 Å². The number of aromatic nitrogens is 4. The standard InChI is InChI=1S/C60H42N4O2/c1-29-23-31(3)49(32(4)24-29)55-45-21-19-43(61-45)53-37-15-7-11-35-14-10-18-40(51(35)37)60(66)42-28-48(64-58(42)53)56(50-33(5)25-30(2)26-34(50)6)46-22-20-44(62-46)54-38-16-8-12-36-13-9-17-39(52(36)38)59(65)41-27-47(55)63-57(41)54/h7-28,61-62H,1-6H3. The van der Waals surface area contributed by atoms with E-state index >= 15 is 9.59 Å². The zero-order valence-electron chi connectivity index (χ0n) is 37.4. The highest BCUT2D eigenvalue weighted by Gasteiger charge is 2.22. The van der Waals surface area contributed by atoms with Gasteiger partial charge in [-0.25, -0.2) is 9.97 Å². The van der Waals surface area contributed by atoms with E-state index < -0.39 is 0 Å². The largest absolute Gasteiger partial charge is 0.354 e. The number of nitrogens with one attached hydrogen (secondary N) is 2. The van der Waals surface area contributed by atoms with Crippen LogP contribution in [0.5, 0.6) is 0 Å². The number of hydrogen-bond acceptors (Lipinski definition) is 4. The molecule has 0 atom stereocenters. The summed E-state index contributed by atoms with van der Waals surface area (Å²) in [5.41, 5.74) is 16.5. The molecule has 0 saturated heterocycles. The van der Waals surface area contributed by atoms with E-state index in [1.54, 1.807) is 0 Å². The Morgan fingerprint density at radius 2 is 0.697 bits per heavy atom. The van der Waals surface area contributed by atoms with E-state index in [0.717, 1.165) is 110 Å². The maximum Gasteiger partial charge on any atom is 0.195 e. The van der Waals surface area contributed by atoms with Crippen molar-refractivity contribution in [2.45, 2.75) is 41.5 Å². The average Bonchev–Trinajstić information content (AvgIpc) is 4.12. The number of hydrogen-bond donors (Lipinski definition) is 2. The molecule has 8 aromatic carbocycles. The van der Waals surface area contributed by atoms with Crippen molar-refractivity contribution in [1.29, 1.82) is 0 Å². The lowest BCUT2D eigenvalue weighted by Gasteiger charge is -2.12. The summed E-state index contributed by atoms with van der Waals surface area (Å²) in [5, 5.41) is 9.75. The molecule has 0 unspecified atom stereocenters. The zero-order valence-corrected chi connectivity index (χ0v) is 37.4. The summed E-state index contributed by atoms with van der Waals surface area (Å²) in [7, 11) is 0. The van der Waals surface area contributed by atoms with Gasteiger partial charge in [0, 0.05) is 65.5 Å². The minimum absolute atomic E-state index is 0.0605. The topological polar surface area (TPSA) is 91.5 Å². The maximum absolute atomic E-state index is 15.2. The minimum atomic E-state index is -0.0605. The SMILES string of the molecule is Cc1cc(C)c(-c2c3cc4c(=O)c5cccc6cccc(c65)c(c5ccc([nH]5)c(-c5c(C)cc(C)cc5C)c5cc6c(=O)c7cccc8cccc(c87)c(c7ccc2[nH]7)c6n5)c4n3)c(C)c1. The zero-order chi connectivity index (χ0) is 44.9. The van der Waals surface area contributed by atoms with Crippen molar-refractivity contribution in [2.75, 3.05) is 0 Å². The van der Waals surface area contributed by atoms with E-state index in [1.807, 2.05) is 36.4 Å². The molecule has 6 nitrogen and oxygen atoms in total. The average molecular weight is 851 g/mol. The Labute approximate surface area is 378 Å². The van der Waals surface area contributed by atoms with Crippen LogP contribution in [0, 0.1) is 41.5 Å². The van der Waals surface area contributed by atoms with Crippen molar-refractivity contribution in [3.05, 3.63) is 187 Å². The predicted octanol–water partition coefficient (Wildman–Crippen LogP) is 14.6. The van der Waals surface area contributed by atoms with Gasteiger partial charge in [-0.2, -0.15) is 0 Å². The molecule has 314 valence electrons. The smallest absolute Gasteiger partial charge is 0.195 e. The Bertz CT molecular complexity index is 4170. The van der Waals surface area contributed by atoms with Crippen molar-refractivity contribution < 1.29 is 0 Å². The molecule has 0 aliphatic rings. The van der Waals surface area contributed by atoms with Crippen LogP contribution in [0.25, 0.3) is 131 Å². The second-order valence-electron chi connectivity index (χ2n) is 18.5. The second kappa shape index (κ2) is 13.6. The summed E-state index contributed by atoms with van der Waals surface area (Å²) >= 11 is 0. The van der Waals surface area contributed by atoms with Gasteiger partial charge in [0.15, 0.2) is 10.9 Å². The first-order chi connectivity index (χ1) is 32.0. The molecule has 0 spiro atoms. The maximum atomic E-state index is 15.2. The number of H-pyrrole nitrogens is 2. The Balaban J connectivity index is 1.38. The van der Waals surface area contributed by atoms with Gasteiger partial charge in [-0.1, -0.05) is 108 Å². The fourth-order valence-corrected chi connectivity index (χ4v) is 11.7. The van der Waals surface area contributed by atoms with Crippen LogP contribution in [0.15, 0.2) is 143 Å². The summed E-state index contributed by atoms with van der Waals surface area (Å²) in [5.74, 6) is 0. The first-order valence-corrected chi connectivity index (χ1v) is 22.6. The number of benzene rings is 6. The van der Waals surface area contributed by atoms with E-state index in [-0.39, 0.29) is 10.9 Å². The monoisotopic (exact) mass is 850 g/mol. The lowest BCUT2D eigenvalue weighted by molar-refractivity contribution is 1.32. The van der Waals surface area contributed by atoms with Gasteiger partial charge in [-0.15, -0.1) is 0 Å². The molecule has 2 N–H and O–H groups in total. The third kappa shape index (κ3) is 5.30. The number of aryl methyl sites for hydroxylation is 6. The minimum Gasteiger partial charge on any atom is -0.354 e. The number of fused-ring (bicyclic) bond motifs is 10. The van der Waals surface area contributed by atoms with E-state index in [9.17, 15) is 0 Å². The van der Waals surface area contributed by atoms with Crippen molar-refractivity contribution in [3.63, 3.8) is 0 Å². The van der Waals surface area contributed by atoms with Gasteiger partial charge in [0.1, 0.15) is 0 Å². The fraction of sp³-hybridized carbons (Fsp3) is 0.100. The van der Waals surface area contributed by atoms with Gasteiger partial charge in [-0.05, 0) is 133 Å². The van der Waals surface area contributed by atoms with Crippen LogP contribution >= 0.6 is 0 Å². The molecule has 0 aliphatic heterocycles. The van der Waals surface area contributed by atoms with Crippen LogP contribution < -0.4 is 10.9 Å². The van der Waals surface area contributed by atoms with E-state index in [4.69, 9.17) is 9.97 Å². The number of nitrogens with zero attached hydrogens (tertiary/aromatic N) is 2. The van der Waals surface area contributed by atoms with Gasteiger partial charge in [0.2, 0.25) is 0 Å². The first-order valence-electron chi connectivity index (χ1n) is 22.6. The lowest BCUT2D eigenvalue weighted by atomic mass is 9.93. The molecule has 0 aliphatic carbocycles. The van der Waals surface area contributed by atoms with Crippen LogP contribution in [0.3, 0.4) is 0 Å². The molecule has 6 heteroatoms. The van der Waals surface area contributed by atoms with Gasteiger partial charge < -0.3 is 9.97 Å². The van der Waals surface area contributed by atoms with Gasteiger partial charge in [0.25, 0.3) is 0 Å². The number of rotatable bonds is 2. The summed E-state index contributed by atoms with van der Waals surface area (Å²) in [6, 6.07) is 45.8.